The van der Waals surface area contributed by atoms with Crippen LogP contribution in [0, 0.1) is 22.7 Å². The lowest BCUT2D eigenvalue weighted by Gasteiger charge is -2.67. The van der Waals surface area contributed by atoms with E-state index in [1.54, 1.807) is 13.0 Å². The number of esters is 2. The van der Waals surface area contributed by atoms with Gasteiger partial charge in [0.25, 0.3) is 0 Å². The van der Waals surface area contributed by atoms with E-state index >= 15 is 0 Å². The number of unbranched alkanes of at least 4 members (excludes halogenated alkanes) is 1. The van der Waals surface area contributed by atoms with Crippen molar-refractivity contribution in [2.45, 2.75) is 141 Å². The summed E-state index contributed by atoms with van der Waals surface area (Å²) in [7, 11) is 0. The van der Waals surface area contributed by atoms with E-state index in [0.29, 0.717) is 31.4 Å². The van der Waals surface area contributed by atoms with Crippen molar-refractivity contribution in [1.29, 1.82) is 0 Å². The van der Waals surface area contributed by atoms with Crippen LogP contribution in [0.25, 0.3) is 0 Å². The number of ketones is 1. The molecule has 1 heterocycles. The average Bonchev–Trinajstić information content (AvgIpc) is 3.16. The van der Waals surface area contributed by atoms with Crippen molar-refractivity contribution < 1.29 is 43.9 Å². The van der Waals surface area contributed by atoms with Gasteiger partial charge in [0.1, 0.15) is 29.0 Å². The minimum atomic E-state index is -1.87. The molecule has 0 spiro atoms. The van der Waals surface area contributed by atoms with Crippen LogP contribution in [0.15, 0.2) is 23.3 Å². The molecule has 9 nitrogen and oxygen atoms in total. The number of cyclic esters (lactones) is 1. The molecule has 0 unspecified atom stereocenters. The lowest BCUT2D eigenvalue weighted by molar-refractivity contribution is -0.307. The predicted molar refractivity (Wildman–Crippen MR) is 158 cm³/mol. The van der Waals surface area contributed by atoms with Gasteiger partial charge in [-0.1, -0.05) is 31.9 Å². The summed E-state index contributed by atoms with van der Waals surface area (Å²) in [6.45, 7) is 12.6. The van der Waals surface area contributed by atoms with Crippen molar-refractivity contribution in [2.75, 3.05) is 6.61 Å². The van der Waals surface area contributed by atoms with Crippen LogP contribution < -0.4 is 0 Å². The van der Waals surface area contributed by atoms with Crippen molar-refractivity contribution in [3.05, 3.63) is 23.3 Å². The Kier molecular flexibility index (Phi) is 7.89. The Bertz CT molecular complexity index is 1250. The summed E-state index contributed by atoms with van der Waals surface area (Å²) in [4.78, 5) is 39.1. The van der Waals surface area contributed by atoms with Gasteiger partial charge in [0.15, 0.2) is 5.78 Å². The Hall–Kier alpha value is -2.07. The van der Waals surface area contributed by atoms with Crippen molar-refractivity contribution in [3.63, 3.8) is 0 Å². The van der Waals surface area contributed by atoms with E-state index in [0.717, 1.165) is 18.4 Å². The van der Waals surface area contributed by atoms with E-state index in [1.807, 2.05) is 26.8 Å². The highest BCUT2D eigenvalue weighted by molar-refractivity contribution is 5.97. The number of carbonyl (C=O) groups is 3. The van der Waals surface area contributed by atoms with E-state index in [2.05, 4.69) is 6.92 Å². The van der Waals surface area contributed by atoms with E-state index in [-0.39, 0.29) is 37.4 Å². The Morgan fingerprint density at radius 1 is 1.14 bits per heavy atom. The van der Waals surface area contributed by atoms with Crippen LogP contribution in [0.2, 0.25) is 0 Å². The lowest BCUT2D eigenvalue weighted by Crippen LogP contribution is -2.76. The third-order valence-electron chi connectivity index (χ3n) is 12.9. The molecule has 0 saturated heterocycles. The molecule has 3 fully saturated rings. The van der Waals surface area contributed by atoms with Crippen molar-refractivity contribution in [1.82, 2.24) is 0 Å². The molecule has 0 amide bonds. The highest BCUT2D eigenvalue weighted by Gasteiger charge is 2.79. The largest absolute Gasteiger partial charge is 0.459 e. The second kappa shape index (κ2) is 10.5. The van der Waals surface area contributed by atoms with Gasteiger partial charge in [-0.05, 0) is 90.6 Å². The van der Waals surface area contributed by atoms with Crippen LogP contribution in [0.5, 0.6) is 0 Å². The highest BCUT2D eigenvalue weighted by Crippen LogP contribution is 2.72. The Morgan fingerprint density at radius 3 is 2.47 bits per heavy atom. The Balaban J connectivity index is 1.58. The van der Waals surface area contributed by atoms with Crippen LogP contribution >= 0.6 is 0 Å². The number of rotatable bonds is 7. The van der Waals surface area contributed by atoms with Gasteiger partial charge >= 0.3 is 11.9 Å². The maximum atomic E-state index is 14.0. The second-order valence-electron chi connectivity index (χ2n) is 14.6. The fourth-order valence-corrected chi connectivity index (χ4v) is 9.95. The van der Waals surface area contributed by atoms with Crippen LogP contribution in [0.1, 0.15) is 106 Å². The maximum Gasteiger partial charge on any atom is 0.334 e. The van der Waals surface area contributed by atoms with Crippen molar-refractivity contribution in [3.8, 4) is 0 Å². The Morgan fingerprint density at radius 2 is 1.84 bits per heavy atom. The number of allylic oxidation sites excluding steroid dienone is 1. The molecule has 240 valence electrons. The predicted octanol–water partition coefficient (Wildman–Crippen LogP) is 4.10. The minimum Gasteiger partial charge on any atom is -0.459 e. The van der Waals surface area contributed by atoms with Gasteiger partial charge in [0, 0.05) is 30.9 Å². The number of hydrogen-bond donors (Lipinski definition) is 3. The van der Waals surface area contributed by atoms with Crippen molar-refractivity contribution >= 4 is 17.7 Å². The second-order valence-corrected chi connectivity index (χ2v) is 14.6. The standard InChI is InChI=1S/C34H50O9/c1-8-9-17-41-33-13-10-11-25(36)30(33,6)23-12-14-29(5)32(39,24(23)19-27(33)42-22(4)35)15-16-34(29,40)31(7,38)26-18-20(2)21(3)28(37)43-26/h10-11,23-24,26-27,38-40H,8-9,12-19H2,1-7H3/t23-,24+,26+,27+,29-,30-,31-,32+,33-,34-/m0/s1. The molecule has 43 heavy (non-hydrogen) atoms. The number of carbonyl (C=O) groups excluding carboxylic acids is 3. The molecule has 0 aromatic rings. The number of ether oxygens (including phenoxy) is 3. The molecule has 4 aliphatic carbocycles. The number of aliphatic hydroxyl groups is 3. The summed E-state index contributed by atoms with van der Waals surface area (Å²) in [5.41, 5.74) is -7.28. The fourth-order valence-electron chi connectivity index (χ4n) is 9.95. The third kappa shape index (κ3) is 4.13. The minimum absolute atomic E-state index is 0.0763. The van der Waals surface area contributed by atoms with Gasteiger partial charge < -0.3 is 29.5 Å². The maximum absolute atomic E-state index is 14.0. The number of hydrogen-bond acceptors (Lipinski definition) is 9. The molecule has 0 radical (unpaired) electrons. The summed E-state index contributed by atoms with van der Waals surface area (Å²) < 4.78 is 18.3. The summed E-state index contributed by atoms with van der Waals surface area (Å²) in [6, 6.07) is 0. The molecule has 5 rings (SSSR count). The molecule has 9 heteroatoms. The third-order valence-corrected chi connectivity index (χ3v) is 12.9. The summed E-state index contributed by atoms with van der Waals surface area (Å²) in [6.07, 6.45) is 5.34. The molecule has 0 aromatic heterocycles. The van der Waals surface area contributed by atoms with Gasteiger partial charge in [0.2, 0.25) is 0 Å². The summed E-state index contributed by atoms with van der Waals surface area (Å²) in [5, 5.41) is 37.6. The molecule has 3 saturated carbocycles. The molecule has 3 N–H and O–H groups in total. The smallest absolute Gasteiger partial charge is 0.334 e. The van der Waals surface area contributed by atoms with Crippen LogP contribution in [0.3, 0.4) is 0 Å². The molecule has 10 atom stereocenters. The normalized spacial score (nSPS) is 45.5. The van der Waals surface area contributed by atoms with E-state index in [1.165, 1.54) is 13.8 Å². The van der Waals surface area contributed by atoms with Crippen LogP contribution in [-0.4, -0.2) is 74.3 Å². The van der Waals surface area contributed by atoms with Gasteiger partial charge in [0.05, 0.1) is 11.0 Å². The molecular weight excluding hydrogens is 552 g/mol. The first-order chi connectivity index (χ1) is 20.0. The quantitative estimate of drug-likeness (QED) is 0.290. The first kappa shape index (κ1) is 32.3. The van der Waals surface area contributed by atoms with E-state index < -0.39 is 63.3 Å². The summed E-state index contributed by atoms with van der Waals surface area (Å²) >= 11 is 0. The average molecular weight is 603 g/mol. The summed E-state index contributed by atoms with van der Waals surface area (Å²) in [5.74, 6) is -1.96. The zero-order valence-corrected chi connectivity index (χ0v) is 26.8. The first-order valence-electron chi connectivity index (χ1n) is 16.0. The first-order valence-corrected chi connectivity index (χ1v) is 16.0. The van der Waals surface area contributed by atoms with E-state index in [9.17, 15) is 29.7 Å². The SMILES string of the molecule is CCCCO[C@]12CC=CC(=O)[C@]1(C)[C@H]1CC[C@]3(C)[C@](O)([C@@](C)(O)[C@H]4CC(C)=C(C)C(=O)O4)CC[C@@]3(O)[C@@H]1C[C@H]2OC(C)=O. The molecular formula is C34H50O9. The molecule has 0 aromatic carbocycles. The van der Waals surface area contributed by atoms with Crippen LogP contribution in [-0.2, 0) is 28.6 Å². The highest BCUT2D eigenvalue weighted by atomic mass is 16.6. The molecule has 0 bridgehead atoms. The van der Waals surface area contributed by atoms with Crippen LogP contribution in [0.4, 0.5) is 0 Å². The topological polar surface area (TPSA) is 140 Å². The van der Waals surface area contributed by atoms with Crippen molar-refractivity contribution in [2.24, 2.45) is 22.7 Å². The van der Waals surface area contributed by atoms with Gasteiger partial charge in [-0.3, -0.25) is 9.59 Å². The lowest BCUT2D eigenvalue weighted by atomic mass is 9.41. The zero-order chi connectivity index (χ0) is 31.8. The van der Waals surface area contributed by atoms with Gasteiger partial charge in [-0.2, -0.15) is 0 Å². The zero-order valence-electron chi connectivity index (χ0n) is 26.8. The van der Waals surface area contributed by atoms with Gasteiger partial charge in [-0.25, -0.2) is 4.79 Å². The molecule has 5 aliphatic rings. The number of fused-ring (bicyclic) bond motifs is 5. The Labute approximate surface area is 255 Å². The molecule has 1 aliphatic heterocycles. The van der Waals surface area contributed by atoms with E-state index in [4.69, 9.17) is 14.2 Å². The fraction of sp³-hybridized carbons (Fsp3) is 0.794. The van der Waals surface area contributed by atoms with Gasteiger partial charge in [-0.15, -0.1) is 0 Å². The monoisotopic (exact) mass is 602 g/mol.